The van der Waals surface area contributed by atoms with Crippen molar-refractivity contribution in [3.05, 3.63) is 21.9 Å². The Kier molecular flexibility index (Phi) is 3.07. The molecule has 1 N–H and O–H groups in total. The standard InChI is InChI=1S/C10H14N2S/c1-10(2,3)12-6-9-4-8(5-11)7-13-9/h4,7,12H,6H2,1-3H3. The van der Waals surface area contributed by atoms with Crippen molar-refractivity contribution in [3.8, 4) is 6.07 Å². The van der Waals surface area contributed by atoms with E-state index < -0.39 is 0 Å². The second-order valence-electron chi connectivity index (χ2n) is 4.02. The molecule has 2 nitrogen and oxygen atoms in total. The molecule has 0 aliphatic heterocycles. The third-order valence-electron chi connectivity index (χ3n) is 1.58. The van der Waals surface area contributed by atoms with Crippen molar-refractivity contribution in [1.29, 1.82) is 5.26 Å². The predicted molar refractivity (Wildman–Crippen MR) is 55.6 cm³/mol. The van der Waals surface area contributed by atoms with Crippen LogP contribution in [0.3, 0.4) is 0 Å². The van der Waals surface area contributed by atoms with Gasteiger partial charge in [0, 0.05) is 22.3 Å². The first-order valence-corrected chi connectivity index (χ1v) is 5.12. The van der Waals surface area contributed by atoms with Crippen molar-refractivity contribution in [2.24, 2.45) is 0 Å². The minimum Gasteiger partial charge on any atom is -0.307 e. The average molecular weight is 194 g/mol. The largest absolute Gasteiger partial charge is 0.307 e. The molecule has 13 heavy (non-hydrogen) atoms. The van der Waals surface area contributed by atoms with E-state index in [0.717, 1.165) is 12.1 Å². The zero-order valence-electron chi connectivity index (χ0n) is 8.22. The van der Waals surface area contributed by atoms with Gasteiger partial charge in [-0.3, -0.25) is 0 Å². The molecule has 0 bridgehead atoms. The quantitative estimate of drug-likeness (QED) is 0.785. The third-order valence-corrected chi connectivity index (χ3v) is 2.51. The molecule has 0 fully saturated rings. The Hall–Kier alpha value is -0.850. The van der Waals surface area contributed by atoms with Crippen molar-refractivity contribution in [2.45, 2.75) is 32.9 Å². The Balaban J connectivity index is 2.52. The van der Waals surface area contributed by atoms with Crippen LogP contribution in [0.15, 0.2) is 11.4 Å². The summed E-state index contributed by atoms with van der Waals surface area (Å²) in [5, 5.41) is 13.9. The van der Waals surface area contributed by atoms with Crippen LogP contribution in [0.5, 0.6) is 0 Å². The number of rotatable bonds is 2. The third kappa shape index (κ3) is 3.58. The topological polar surface area (TPSA) is 35.8 Å². The Labute approximate surface area is 83.2 Å². The maximum Gasteiger partial charge on any atom is 0.100 e. The van der Waals surface area contributed by atoms with Crippen LogP contribution in [0.4, 0.5) is 0 Å². The average Bonchev–Trinajstić information content (AvgIpc) is 2.47. The van der Waals surface area contributed by atoms with Gasteiger partial charge in [0.25, 0.3) is 0 Å². The number of thiophene rings is 1. The molecule has 1 rings (SSSR count). The van der Waals surface area contributed by atoms with Gasteiger partial charge in [-0.05, 0) is 26.8 Å². The lowest BCUT2D eigenvalue weighted by molar-refractivity contribution is 0.426. The van der Waals surface area contributed by atoms with Crippen molar-refractivity contribution in [3.63, 3.8) is 0 Å². The van der Waals surface area contributed by atoms with Gasteiger partial charge >= 0.3 is 0 Å². The minimum atomic E-state index is 0.136. The molecule has 0 spiro atoms. The maximum atomic E-state index is 8.62. The summed E-state index contributed by atoms with van der Waals surface area (Å²) in [4.78, 5) is 1.21. The zero-order valence-corrected chi connectivity index (χ0v) is 9.03. The van der Waals surface area contributed by atoms with E-state index >= 15 is 0 Å². The predicted octanol–water partition coefficient (Wildman–Crippen LogP) is 2.51. The van der Waals surface area contributed by atoms with Gasteiger partial charge in [0.05, 0.1) is 5.56 Å². The molecule has 1 aromatic heterocycles. The summed E-state index contributed by atoms with van der Waals surface area (Å²) in [6.45, 7) is 7.24. The molecule has 0 amide bonds. The summed E-state index contributed by atoms with van der Waals surface area (Å²) in [6.07, 6.45) is 0. The lowest BCUT2D eigenvalue weighted by atomic mass is 10.1. The van der Waals surface area contributed by atoms with Crippen LogP contribution in [0, 0.1) is 11.3 Å². The van der Waals surface area contributed by atoms with Crippen molar-refractivity contribution in [1.82, 2.24) is 5.32 Å². The molecular formula is C10H14N2S. The lowest BCUT2D eigenvalue weighted by Crippen LogP contribution is -2.34. The molecule has 0 atom stereocenters. The minimum absolute atomic E-state index is 0.136. The molecule has 0 unspecified atom stereocenters. The van der Waals surface area contributed by atoms with Crippen LogP contribution in [0.2, 0.25) is 0 Å². The van der Waals surface area contributed by atoms with Gasteiger partial charge in [0.2, 0.25) is 0 Å². The number of nitrogens with zero attached hydrogens (tertiary/aromatic N) is 1. The van der Waals surface area contributed by atoms with Crippen LogP contribution in [0.25, 0.3) is 0 Å². The Morgan fingerprint density at radius 2 is 2.23 bits per heavy atom. The molecule has 70 valence electrons. The van der Waals surface area contributed by atoms with Gasteiger partial charge in [-0.25, -0.2) is 0 Å². The van der Waals surface area contributed by atoms with Crippen molar-refractivity contribution in [2.75, 3.05) is 0 Å². The van der Waals surface area contributed by atoms with E-state index in [1.165, 1.54) is 4.88 Å². The molecule has 0 aliphatic rings. The van der Waals surface area contributed by atoms with E-state index in [2.05, 4.69) is 32.2 Å². The van der Waals surface area contributed by atoms with E-state index in [1.807, 2.05) is 11.4 Å². The molecule has 0 aliphatic carbocycles. The van der Waals surface area contributed by atoms with E-state index in [0.29, 0.717) is 0 Å². The highest BCUT2D eigenvalue weighted by Gasteiger charge is 2.08. The van der Waals surface area contributed by atoms with Crippen LogP contribution in [-0.4, -0.2) is 5.54 Å². The SMILES string of the molecule is CC(C)(C)NCc1cc(C#N)cs1. The van der Waals surface area contributed by atoms with Gasteiger partial charge in [-0.2, -0.15) is 5.26 Å². The number of nitrogens with one attached hydrogen (secondary N) is 1. The second-order valence-corrected chi connectivity index (χ2v) is 5.01. The second kappa shape index (κ2) is 3.91. The van der Waals surface area contributed by atoms with Crippen LogP contribution in [-0.2, 0) is 6.54 Å². The first kappa shape index (κ1) is 10.2. The van der Waals surface area contributed by atoms with Gasteiger partial charge in [-0.1, -0.05) is 0 Å². The summed E-state index contributed by atoms with van der Waals surface area (Å²) >= 11 is 1.63. The molecular weight excluding hydrogens is 180 g/mol. The number of hydrogen-bond donors (Lipinski definition) is 1. The van der Waals surface area contributed by atoms with E-state index in [-0.39, 0.29) is 5.54 Å². The molecule has 0 saturated heterocycles. The highest BCUT2D eigenvalue weighted by Crippen LogP contribution is 2.14. The summed E-state index contributed by atoms with van der Waals surface area (Å²) in [5.41, 5.74) is 0.896. The van der Waals surface area contributed by atoms with E-state index in [4.69, 9.17) is 5.26 Å². The first-order valence-electron chi connectivity index (χ1n) is 4.24. The summed E-state index contributed by atoms with van der Waals surface area (Å²) in [6, 6.07) is 4.06. The smallest absolute Gasteiger partial charge is 0.100 e. The monoisotopic (exact) mass is 194 g/mol. The normalized spacial score (nSPS) is 11.2. The zero-order chi connectivity index (χ0) is 9.90. The number of hydrogen-bond acceptors (Lipinski definition) is 3. The van der Waals surface area contributed by atoms with Crippen LogP contribution in [0.1, 0.15) is 31.2 Å². The lowest BCUT2D eigenvalue weighted by Gasteiger charge is -2.19. The Morgan fingerprint density at radius 1 is 1.54 bits per heavy atom. The first-order chi connectivity index (χ1) is 6.01. The van der Waals surface area contributed by atoms with E-state index in [9.17, 15) is 0 Å². The molecule has 3 heteroatoms. The van der Waals surface area contributed by atoms with Crippen molar-refractivity contribution >= 4 is 11.3 Å². The molecule has 0 saturated carbocycles. The summed E-state index contributed by atoms with van der Waals surface area (Å²) in [5.74, 6) is 0. The van der Waals surface area contributed by atoms with Gasteiger partial charge in [0.15, 0.2) is 0 Å². The maximum absolute atomic E-state index is 8.62. The molecule has 0 aromatic carbocycles. The van der Waals surface area contributed by atoms with Gasteiger partial charge < -0.3 is 5.32 Å². The summed E-state index contributed by atoms with van der Waals surface area (Å²) < 4.78 is 0. The Bertz CT molecular complexity index is 314. The molecule has 1 aromatic rings. The fraction of sp³-hybridized carbons (Fsp3) is 0.500. The van der Waals surface area contributed by atoms with Crippen LogP contribution >= 0.6 is 11.3 Å². The summed E-state index contributed by atoms with van der Waals surface area (Å²) in [7, 11) is 0. The van der Waals surface area contributed by atoms with Crippen LogP contribution < -0.4 is 5.32 Å². The molecule has 0 radical (unpaired) electrons. The fourth-order valence-corrected chi connectivity index (χ4v) is 1.63. The van der Waals surface area contributed by atoms with E-state index in [1.54, 1.807) is 11.3 Å². The Morgan fingerprint density at radius 3 is 2.69 bits per heavy atom. The number of nitriles is 1. The molecule has 1 heterocycles. The fourth-order valence-electron chi connectivity index (χ4n) is 0.884. The van der Waals surface area contributed by atoms with Gasteiger partial charge in [-0.15, -0.1) is 11.3 Å². The van der Waals surface area contributed by atoms with Crippen molar-refractivity contribution < 1.29 is 0 Å². The highest BCUT2D eigenvalue weighted by molar-refractivity contribution is 7.10. The highest BCUT2D eigenvalue weighted by atomic mass is 32.1. The van der Waals surface area contributed by atoms with Gasteiger partial charge in [0.1, 0.15) is 6.07 Å².